The number of benzene rings is 1. The molecule has 24 heavy (non-hydrogen) atoms. The summed E-state index contributed by atoms with van der Waals surface area (Å²) in [5, 5.41) is 13.0. The molecule has 0 spiro atoms. The number of carbonyl (C=O) groups is 1. The number of methoxy groups -OCH3 is 1. The molecule has 7 nitrogen and oxygen atoms in total. The van der Waals surface area contributed by atoms with Gasteiger partial charge in [0.2, 0.25) is 0 Å². The second kappa shape index (κ2) is 5.82. The van der Waals surface area contributed by atoms with E-state index in [0.717, 1.165) is 5.39 Å². The Morgan fingerprint density at radius 1 is 1.21 bits per heavy atom. The van der Waals surface area contributed by atoms with Crippen molar-refractivity contribution in [1.82, 2.24) is 10.2 Å². The van der Waals surface area contributed by atoms with E-state index in [4.69, 9.17) is 13.6 Å². The second-order valence-corrected chi connectivity index (χ2v) is 5.78. The van der Waals surface area contributed by atoms with Gasteiger partial charge in [0.25, 0.3) is 11.8 Å². The van der Waals surface area contributed by atoms with E-state index in [9.17, 15) is 4.79 Å². The van der Waals surface area contributed by atoms with Crippen LogP contribution in [0.5, 0.6) is 5.75 Å². The van der Waals surface area contributed by atoms with Gasteiger partial charge in [-0.05, 0) is 23.6 Å². The second-order valence-electron chi connectivity index (χ2n) is 4.83. The predicted octanol–water partition coefficient (Wildman–Crippen LogP) is 3.81. The molecular weight excluding hydrogens is 330 g/mol. The summed E-state index contributed by atoms with van der Waals surface area (Å²) in [4.78, 5) is 12.5. The van der Waals surface area contributed by atoms with E-state index in [1.54, 1.807) is 31.4 Å². The molecular formula is C16H11N3O4S. The number of nitrogens with zero attached hydrogens (tertiary/aromatic N) is 2. The molecule has 0 bridgehead atoms. The Labute approximate surface area is 139 Å². The number of nitrogens with one attached hydrogen (secondary N) is 1. The third kappa shape index (κ3) is 2.52. The lowest BCUT2D eigenvalue weighted by Gasteiger charge is -1.98. The summed E-state index contributed by atoms with van der Waals surface area (Å²) < 4.78 is 16.5. The van der Waals surface area contributed by atoms with Crippen molar-refractivity contribution in [2.24, 2.45) is 0 Å². The van der Waals surface area contributed by atoms with Gasteiger partial charge in [-0.25, -0.2) is 0 Å². The molecule has 0 atom stereocenters. The van der Waals surface area contributed by atoms with Crippen molar-refractivity contribution < 1.29 is 18.4 Å². The van der Waals surface area contributed by atoms with Crippen molar-refractivity contribution in [3.63, 3.8) is 0 Å². The van der Waals surface area contributed by atoms with Crippen LogP contribution in [0.3, 0.4) is 0 Å². The number of amides is 1. The lowest BCUT2D eigenvalue weighted by Crippen LogP contribution is -2.10. The molecule has 3 heterocycles. The molecule has 0 saturated heterocycles. The molecule has 0 aliphatic rings. The molecule has 0 saturated carbocycles. The Morgan fingerprint density at radius 3 is 2.92 bits per heavy atom. The van der Waals surface area contributed by atoms with Gasteiger partial charge in [-0.15, -0.1) is 16.4 Å². The summed E-state index contributed by atoms with van der Waals surface area (Å²) in [5.74, 6) is 0.893. The van der Waals surface area contributed by atoms with Crippen molar-refractivity contribution in [3.8, 4) is 17.4 Å². The molecule has 4 aromatic rings. The average molecular weight is 341 g/mol. The Bertz CT molecular complexity index is 1000. The Morgan fingerprint density at radius 2 is 2.12 bits per heavy atom. The van der Waals surface area contributed by atoms with E-state index < -0.39 is 0 Å². The molecule has 8 heteroatoms. The summed E-state index contributed by atoms with van der Waals surface area (Å²) in [6.45, 7) is 0. The minimum Gasteiger partial charge on any atom is -0.493 e. The van der Waals surface area contributed by atoms with Crippen LogP contribution in [0.4, 0.5) is 6.01 Å². The SMILES string of the molecule is COc1cccc2cc(-c3nnc(NC(=O)c4cccs4)o3)oc12. The largest absolute Gasteiger partial charge is 0.493 e. The molecule has 0 unspecified atom stereocenters. The molecule has 1 aromatic carbocycles. The maximum atomic E-state index is 12.0. The highest BCUT2D eigenvalue weighted by Crippen LogP contribution is 2.33. The number of rotatable bonds is 4. The van der Waals surface area contributed by atoms with Crippen molar-refractivity contribution in [3.05, 3.63) is 46.7 Å². The molecule has 120 valence electrons. The Balaban J connectivity index is 1.62. The molecule has 1 amide bonds. The zero-order chi connectivity index (χ0) is 16.5. The number of ether oxygens (including phenoxy) is 1. The lowest BCUT2D eigenvalue weighted by molar-refractivity contribution is 0.102. The smallest absolute Gasteiger partial charge is 0.322 e. The third-order valence-corrected chi connectivity index (χ3v) is 4.20. The van der Waals surface area contributed by atoms with E-state index in [1.165, 1.54) is 11.3 Å². The van der Waals surface area contributed by atoms with Gasteiger partial charge < -0.3 is 13.6 Å². The highest BCUT2D eigenvalue weighted by Gasteiger charge is 2.17. The van der Waals surface area contributed by atoms with Crippen molar-refractivity contribution in [1.29, 1.82) is 0 Å². The van der Waals surface area contributed by atoms with Crippen molar-refractivity contribution >= 4 is 34.2 Å². The zero-order valence-corrected chi connectivity index (χ0v) is 13.3. The van der Waals surface area contributed by atoms with Crippen LogP contribution in [0, 0.1) is 0 Å². The van der Waals surface area contributed by atoms with Gasteiger partial charge in [0, 0.05) is 5.39 Å². The fourth-order valence-corrected chi connectivity index (χ4v) is 2.86. The molecule has 1 N–H and O–H groups in total. The zero-order valence-electron chi connectivity index (χ0n) is 12.5. The van der Waals surface area contributed by atoms with Gasteiger partial charge in [0.1, 0.15) is 0 Å². The quantitative estimate of drug-likeness (QED) is 0.607. The van der Waals surface area contributed by atoms with Crippen LogP contribution in [-0.4, -0.2) is 23.2 Å². The molecule has 3 aromatic heterocycles. The molecule has 0 aliphatic carbocycles. The fourth-order valence-electron chi connectivity index (χ4n) is 2.24. The van der Waals surface area contributed by atoms with Crippen LogP contribution in [0.1, 0.15) is 9.67 Å². The van der Waals surface area contributed by atoms with Gasteiger partial charge >= 0.3 is 6.01 Å². The van der Waals surface area contributed by atoms with Crippen LogP contribution in [0.15, 0.2) is 50.6 Å². The number of furan rings is 1. The van der Waals surface area contributed by atoms with Crippen LogP contribution in [0.25, 0.3) is 22.6 Å². The summed E-state index contributed by atoms with van der Waals surface area (Å²) in [7, 11) is 1.57. The Kier molecular flexibility index (Phi) is 3.51. The molecule has 0 aliphatic heterocycles. The number of aromatic nitrogens is 2. The molecule has 0 radical (unpaired) electrons. The van der Waals surface area contributed by atoms with E-state index in [1.807, 2.05) is 17.5 Å². The summed E-state index contributed by atoms with van der Waals surface area (Å²) in [5.41, 5.74) is 0.595. The van der Waals surface area contributed by atoms with E-state index in [2.05, 4.69) is 15.5 Å². The molecule has 0 fully saturated rings. The van der Waals surface area contributed by atoms with Gasteiger partial charge in [-0.1, -0.05) is 23.3 Å². The first-order chi connectivity index (χ1) is 11.7. The highest BCUT2D eigenvalue weighted by molar-refractivity contribution is 7.12. The first kappa shape index (κ1) is 14.5. The van der Waals surface area contributed by atoms with Gasteiger partial charge in [0.05, 0.1) is 12.0 Å². The summed E-state index contributed by atoms with van der Waals surface area (Å²) >= 11 is 1.33. The fraction of sp³-hybridized carbons (Fsp3) is 0.0625. The van der Waals surface area contributed by atoms with Crippen LogP contribution < -0.4 is 10.1 Å². The van der Waals surface area contributed by atoms with Crippen LogP contribution in [0.2, 0.25) is 0 Å². The minimum atomic E-state index is -0.300. The maximum Gasteiger partial charge on any atom is 0.322 e. The number of thiophene rings is 1. The highest BCUT2D eigenvalue weighted by atomic mass is 32.1. The standard InChI is InChI=1S/C16H11N3O4S/c1-21-10-5-2-4-9-8-11(22-13(9)10)15-18-19-16(23-15)17-14(20)12-6-3-7-24-12/h2-8H,1H3,(H,17,19,20). The number of fused-ring (bicyclic) bond motifs is 1. The van der Waals surface area contributed by atoms with Crippen molar-refractivity contribution in [2.45, 2.75) is 0 Å². The number of anilines is 1. The molecule has 4 rings (SSSR count). The maximum absolute atomic E-state index is 12.0. The number of para-hydroxylation sites is 1. The predicted molar refractivity (Wildman–Crippen MR) is 88.3 cm³/mol. The average Bonchev–Trinajstić information content (AvgIpc) is 3.33. The normalized spacial score (nSPS) is 10.9. The monoisotopic (exact) mass is 341 g/mol. The number of hydrogen-bond acceptors (Lipinski definition) is 7. The number of hydrogen-bond donors (Lipinski definition) is 1. The third-order valence-electron chi connectivity index (χ3n) is 3.33. The summed E-state index contributed by atoms with van der Waals surface area (Å²) in [6, 6.07) is 10.8. The number of carbonyl (C=O) groups excluding carboxylic acids is 1. The van der Waals surface area contributed by atoms with Crippen LogP contribution in [-0.2, 0) is 0 Å². The first-order valence-electron chi connectivity index (χ1n) is 7.00. The lowest BCUT2D eigenvalue weighted by atomic mass is 10.2. The summed E-state index contributed by atoms with van der Waals surface area (Å²) in [6.07, 6.45) is 0. The van der Waals surface area contributed by atoms with E-state index in [0.29, 0.717) is 22.0 Å². The van der Waals surface area contributed by atoms with Crippen LogP contribution >= 0.6 is 11.3 Å². The van der Waals surface area contributed by atoms with Crippen molar-refractivity contribution in [2.75, 3.05) is 12.4 Å². The van der Waals surface area contributed by atoms with E-state index in [-0.39, 0.29) is 17.8 Å². The Hall–Kier alpha value is -3.13. The first-order valence-corrected chi connectivity index (χ1v) is 7.88. The van der Waals surface area contributed by atoms with E-state index >= 15 is 0 Å². The topological polar surface area (TPSA) is 90.4 Å². The van der Waals surface area contributed by atoms with Gasteiger partial charge in [0.15, 0.2) is 17.1 Å². The minimum absolute atomic E-state index is 0.0100. The van der Waals surface area contributed by atoms with Gasteiger partial charge in [-0.2, -0.15) is 0 Å². The van der Waals surface area contributed by atoms with Gasteiger partial charge in [-0.3, -0.25) is 10.1 Å².